The van der Waals surface area contributed by atoms with Crippen LogP contribution >= 0.6 is 0 Å². The van der Waals surface area contributed by atoms with Gasteiger partial charge in [0.2, 0.25) is 0 Å². The predicted octanol–water partition coefficient (Wildman–Crippen LogP) is 7.47. The summed E-state index contributed by atoms with van der Waals surface area (Å²) in [6, 6.07) is 19.7. The Morgan fingerprint density at radius 2 is 0.975 bits per heavy atom. The van der Waals surface area contributed by atoms with Crippen LogP contribution < -0.4 is 0 Å². The predicted molar refractivity (Wildman–Crippen MR) is 154 cm³/mol. The molecule has 4 nitrogen and oxygen atoms in total. The molecule has 6 rings (SSSR count). The molecule has 2 aromatic carbocycles. The van der Waals surface area contributed by atoms with Crippen molar-refractivity contribution in [3.05, 3.63) is 71.8 Å². The van der Waals surface area contributed by atoms with E-state index in [1.165, 1.54) is 12.8 Å². The molecule has 0 bridgehead atoms. The van der Waals surface area contributed by atoms with Gasteiger partial charge in [-0.2, -0.15) is 0 Å². The van der Waals surface area contributed by atoms with Gasteiger partial charge >= 0.3 is 0 Å². The molecule has 4 fully saturated rings. The number of carbonyl (C=O) groups excluding carboxylic acids is 2. The fourth-order valence-electron chi connectivity index (χ4n) is 7.33. The van der Waals surface area contributed by atoms with Crippen LogP contribution in [-0.4, -0.2) is 47.0 Å². The maximum Gasteiger partial charge on any atom is 0.258 e. The zero-order valence-corrected chi connectivity index (χ0v) is 24.4. The van der Waals surface area contributed by atoms with E-state index in [4.69, 9.17) is 0 Å². The molecule has 2 saturated heterocycles. The van der Waals surface area contributed by atoms with E-state index in [-0.39, 0.29) is 46.6 Å². The summed E-state index contributed by atoms with van der Waals surface area (Å²) in [4.78, 5) is 28.0. The maximum atomic E-state index is 14.4. The lowest BCUT2D eigenvalue weighted by Gasteiger charge is -2.43. The Balaban J connectivity index is 0.000000161. The van der Waals surface area contributed by atoms with Crippen LogP contribution in [0.5, 0.6) is 0 Å². The fraction of sp³-hybridized carbons (Fsp3) is 0.588. The van der Waals surface area contributed by atoms with Crippen LogP contribution in [0.3, 0.4) is 0 Å². The molecule has 2 amide bonds. The van der Waals surface area contributed by atoms with Crippen LogP contribution in [0, 0.1) is 22.7 Å². The van der Waals surface area contributed by atoms with Crippen molar-refractivity contribution in [1.82, 2.24) is 9.80 Å². The molecule has 2 heterocycles. The lowest BCUT2D eigenvalue weighted by molar-refractivity contribution is -0.135. The summed E-state index contributed by atoms with van der Waals surface area (Å²) in [5.41, 5.74) is 2.21. The van der Waals surface area contributed by atoms with Crippen molar-refractivity contribution in [3.8, 4) is 0 Å². The first-order valence-corrected chi connectivity index (χ1v) is 15.0. The zero-order valence-electron chi connectivity index (χ0n) is 24.4. The number of halogens is 2. The Morgan fingerprint density at radius 3 is 1.25 bits per heavy atom. The summed E-state index contributed by atoms with van der Waals surface area (Å²) in [6.07, 6.45) is 3.93. The topological polar surface area (TPSA) is 40.6 Å². The summed E-state index contributed by atoms with van der Waals surface area (Å²) in [7, 11) is 0. The van der Waals surface area contributed by atoms with E-state index in [9.17, 15) is 18.4 Å². The highest BCUT2D eigenvalue weighted by Gasteiger charge is 2.54. The van der Waals surface area contributed by atoms with Gasteiger partial charge in [0.25, 0.3) is 11.8 Å². The van der Waals surface area contributed by atoms with Gasteiger partial charge in [0, 0.05) is 24.9 Å². The van der Waals surface area contributed by atoms with Gasteiger partial charge in [-0.15, -0.1) is 0 Å². The molecule has 6 heteroatoms. The minimum absolute atomic E-state index is 0.0280. The number of hydrogen-bond donors (Lipinski definition) is 0. The number of likely N-dealkylation sites (tertiary alicyclic amines) is 2. The van der Waals surface area contributed by atoms with Crippen LogP contribution in [0.15, 0.2) is 60.7 Å². The van der Waals surface area contributed by atoms with Gasteiger partial charge in [-0.3, -0.25) is 9.59 Å². The number of benzene rings is 2. The molecule has 2 saturated carbocycles. The Labute approximate surface area is 238 Å². The highest BCUT2D eigenvalue weighted by atomic mass is 19.1. The molecule has 40 heavy (non-hydrogen) atoms. The molecule has 2 aromatic rings. The molecule has 6 atom stereocenters. The quantitative estimate of drug-likeness (QED) is 0.374. The normalized spacial score (nSPS) is 30.1. The fourth-order valence-corrected chi connectivity index (χ4v) is 7.33. The summed E-state index contributed by atoms with van der Waals surface area (Å²) in [5.74, 6) is -0.899. The molecule has 4 aliphatic rings. The molecular weight excluding hydrogens is 506 g/mol. The molecule has 0 N–H and O–H groups in total. The minimum atomic E-state index is -1.31. The van der Waals surface area contributed by atoms with Gasteiger partial charge in [0.1, 0.15) is 0 Å². The third kappa shape index (κ3) is 5.19. The van der Waals surface area contributed by atoms with Crippen molar-refractivity contribution < 1.29 is 18.4 Å². The van der Waals surface area contributed by atoms with E-state index in [1.807, 2.05) is 74.5 Å². The zero-order chi connectivity index (χ0) is 28.7. The first-order chi connectivity index (χ1) is 19.1. The van der Waals surface area contributed by atoms with Crippen molar-refractivity contribution in [2.45, 2.75) is 90.6 Å². The SMILES string of the molecule is C[C@@H](c1ccccc1)N1C[C@H](C2(C)CCC2)[C@@H](F)C1=O.C[C@@H](c1ccccc1)N1C[C@H](C2(C)CCC2)[C@H](F)C1=O. The van der Waals surface area contributed by atoms with Crippen molar-refractivity contribution in [3.63, 3.8) is 0 Å². The maximum absolute atomic E-state index is 14.4. The largest absolute Gasteiger partial charge is 0.333 e. The van der Waals surface area contributed by atoms with Crippen molar-refractivity contribution in [2.75, 3.05) is 13.1 Å². The smallest absolute Gasteiger partial charge is 0.258 e. The first-order valence-electron chi connectivity index (χ1n) is 15.0. The van der Waals surface area contributed by atoms with Gasteiger partial charge in [-0.25, -0.2) is 8.78 Å². The van der Waals surface area contributed by atoms with Gasteiger partial charge in [-0.1, -0.05) is 87.4 Å². The lowest BCUT2D eigenvalue weighted by atomic mass is 9.62. The second kappa shape index (κ2) is 11.3. The van der Waals surface area contributed by atoms with Crippen LogP contribution in [0.25, 0.3) is 0 Å². The highest BCUT2D eigenvalue weighted by Crippen LogP contribution is 2.52. The average molecular weight is 551 g/mol. The Hall–Kier alpha value is -2.76. The number of nitrogens with zero attached hydrogens (tertiary/aromatic N) is 2. The minimum Gasteiger partial charge on any atom is -0.333 e. The van der Waals surface area contributed by atoms with E-state index in [0.29, 0.717) is 13.1 Å². The first kappa shape index (κ1) is 28.8. The molecule has 0 spiro atoms. The standard InChI is InChI=1S/2C17H22FNO/c2*1-12(13-7-4-3-5-8-13)19-11-14(15(18)16(19)20)17(2)9-6-10-17/h2*3-5,7-8,12,14-15H,6,9-11H2,1-2H3/t12-,14-,15+;12-,14-,15-/m00/s1. The van der Waals surface area contributed by atoms with Crippen LogP contribution in [-0.2, 0) is 9.59 Å². The number of rotatable bonds is 6. The van der Waals surface area contributed by atoms with Crippen LogP contribution in [0.2, 0.25) is 0 Å². The summed E-state index contributed by atoms with van der Waals surface area (Å²) < 4.78 is 28.9. The van der Waals surface area contributed by atoms with E-state index in [2.05, 4.69) is 13.8 Å². The third-order valence-electron chi connectivity index (χ3n) is 10.8. The average Bonchev–Trinajstić information content (AvgIpc) is 3.41. The van der Waals surface area contributed by atoms with Crippen LogP contribution in [0.1, 0.15) is 89.4 Å². The van der Waals surface area contributed by atoms with Gasteiger partial charge in [-0.05, 0) is 61.5 Å². The summed E-state index contributed by atoms with van der Waals surface area (Å²) in [6.45, 7) is 9.38. The summed E-state index contributed by atoms with van der Waals surface area (Å²) in [5, 5.41) is 0. The highest BCUT2D eigenvalue weighted by molar-refractivity contribution is 5.84. The molecule has 0 radical (unpaired) electrons. The molecule has 2 aliphatic carbocycles. The second-order valence-corrected chi connectivity index (χ2v) is 13.2. The number of alkyl halides is 2. The number of carbonyl (C=O) groups is 2. The second-order valence-electron chi connectivity index (χ2n) is 13.2. The molecule has 0 aromatic heterocycles. The van der Waals surface area contributed by atoms with E-state index >= 15 is 0 Å². The van der Waals surface area contributed by atoms with Gasteiger partial charge in [0.05, 0.1) is 12.1 Å². The molecule has 0 unspecified atom stereocenters. The van der Waals surface area contributed by atoms with E-state index in [0.717, 1.165) is 36.8 Å². The van der Waals surface area contributed by atoms with E-state index < -0.39 is 12.3 Å². The van der Waals surface area contributed by atoms with Crippen LogP contribution in [0.4, 0.5) is 8.78 Å². The molecule has 2 aliphatic heterocycles. The lowest BCUT2D eigenvalue weighted by Crippen LogP contribution is -2.39. The van der Waals surface area contributed by atoms with E-state index in [1.54, 1.807) is 9.80 Å². The Kier molecular flexibility index (Phi) is 8.09. The van der Waals surface area contributed by atoms with Crippen molar-refractivity contribution in [2.24, 2.45) is 22.7 Å². The third-order valence-corrected chi connectivity index (χ3v) is 10.8. The van der Waals surface area contributed by atoms with Crippen molar-refractivity contribution >= 4 is 11.8 Å². The Morgan fingerprint density at radius 1 is 0.650 bits per heavy atom. The summed E-state index contributed by atoms with van der Waals surface area (Å²) >= 11 is 0. The molecular formula is C34H44F2N2O2. The number of amides is 2. The van der Waals surface area contributed by atoms with Gasteiger partial charge < -0.3 is 9.80 Å². The number of hydrogen-bond acceptors (Lipinski definition) is 2. The molecule has 216 valence electrons. The van der Waals surface area contributed by atoms with Crippen molar-refractivity contribution in [1.29, 1.82) is 0 Å². The Bertz CT molecular complexity index is 1090. The monoisotopic (exact) mass is 550 g/mol. The van der Waals surface area contributed by atoms with Gasteiger partial charge in [0.15, 0.2) is 12.3 Å².